The second-order valence-electron chi connectivity index (χ2n) is 4.48. The SMILES string of the molecule is O=C(NCC1(CCCl)CC1)c1ccc(F)cn1. The van der Waals surface area contributed by atoms with E-state index in [9.17, 15) is 9.18 Å². The predicted octanol–water partition coefficient (Wildman–Crippen LogP) is 2.36. The molecule has 1 fully saturated rings. The molecule has 3 nitrogen and oxygen atoms in total. The van der Waals surface area contributed by atoms with E-state index in [4.69, 9.17) is 11.6 Å². The summed E-state index contributed by atoms with van der Waals surface area (Å²) < 4.78 is 12.6. The molecule has 1 aromatic rings. The Balaban J connectivity index is 1.87. The molecule has 2 rings (SSSR count). The number of hydrogen-bond acceptors (Lipinski definition) is 2. The lowest BCUT2D eigenvalue weighted by Gasteiger charge is -2.13. The van der Waals surface area contributed by atoms with Crippen LogP contribution in [-0.2, 0) is 0 Å². The van der Waals surface area contributed by atoms with Gasteiger partial charge >= 0.3 is 0 Å². The van der Waals surface area contributed by atoms with E-state index in [2.05, 4.69) is 10.3 Å². The number of nitrogens with one attached hydrogen (secondary N) is 1. The molecule has 1 N–H and O–H groups in total. The van der Waals surface area contributed by atoms with Crippen LogP contribution in [-0.4, -0.2) is 23.3 Å². The molecule has 0 spiro atoms. The van der Waals surface area contributed by atoms with Crippen molar-refractivity contribution in [3.05, 3.63) is 29.8 Å². The van der Waals surface area contributed by atoms with Crippen LogP contribution in [0.5, 0.6) is 0 Å². The Morgan fingerprint density at radius 2 is 2.29 bits per heavy atom. The molecule has 1 aromatic heterocycles. The van der Waals surface area contributed by atoms with Crippen LogP contribution in [0.3, 0.4) is 0 Å². The minimum absolute atomic E-state index is 0.192. The van der Waals surface area contributed by atoms with Crippen LogP contribution >= 0.6 is 11.6 Å². The summed E-state index contributed by atoms with van der Waals surface area (Å²) in [5.41, 5.74) is 0.435. The van der Waals surface area contributed by atoms with E-state index >= 15 is 0 Å². The Hall–Kier alpha value is -1.16. The van der Waals surface area contributed by atoms with Gasteiger partial charge in [-0.1, -0.05) is 0 Å². The fourth-order valence-corrected chi connectivity index (χ4v) is 2.16. The van der Waals surface area contributed by atoms with Gasteiger partial charge in [0.05, 0.1) is 6.20 Å². The number of carbonyl (C=O) groups is 1. The fraction of sp³-hybridized carbons (Fsp3) is 0.500. The lowest BCUT2D eigenvalue weighted by Crippen LogP contribution is -2.31. The Labute approximate surface area is 104 Å². The van der Waals surface area contributed by atoms with E-state index in [1.54, 1.807) is 0 Å². The zero-order valence-corrected chi connectivity index (χ0v) is 10.1. The largest absolute Gasteiger partial charge is 0.350 e. The fourth-order valence-electron chi connectivity index (χ4n) is 1.76. The molecule has 92 valence electrons. The van der Waals surface area contributed by atoms with E-state index in [1.807, 2.05) is 0 Å². The first-order chi connectivity index (χ1) is 8.15. The highest BCUT2D eigenvalue weighted by atomic mass is 35.5. The van der Waals surface area contributed by atoms with Crippen molar-refractivity contribution in [3.8, 4) is 0 Å². The van der Waals surface area contributed by atoms with Crippen molar-refractivity contribution >= 4 is 17.5 Å². The molecule has 0 aromatic carbocycles. The number of carbonyl (C=O) groups excluding carboxylic acids is 1. The molecule has 5 heteroatoms. The number of pyridine rings is 1. The zero-order valence-electron chi connectivity index (χ0n) is 9.38. The van der Waals surface area contributed by atoms with Gasteiger partial charge in [0.1, 0.15) is 11.5 Å². The van der Waals surface area contributed by atoms with Gasteiger partial charge in [0.25, 0.3) is 5.91 Å². The van der Waals surface area contributed by atoms with Crippen LogP contribution in [0.2, 0.25) is 0 Å². The van der Waals surface area contributed by atoms with Gasteiger partial charge in [0.15, 0.2) is 0 Å². The molecule has 1 amide bonds. The van der Waals surface area contributed by atoms with Crippen LogP contribution in [0.1, 0.15) is 29.8 Å². The molecule has 1 aliphatic rings. The third-order valence-corrected chi connectivity index (χ3v) is 3.35. The smallest absolute Gasteiger partial charge is 0.269 e. The summed E-state index contributed by atoms with van der Waals surface area (Å²) in [6.45, 7) is 0.623. The predicted molar refractivity (Wildman–Crippen MR) is 63.5 cm³/mol. The highest BCUT2D eigenvalue weighted by Gasteiger charge is 2.41. The van der Waals surface area contributed by atoms with Gasteiger partial charge in [-0.05, 0) is 36.8 Å². The lowest BCUT2D eigenvalue weighted by atomic mass is 10.0. The van der Waals surface area contributed by atoms with Crippen LogP contribution in [0.15, 0.2) is 18.3 Å². The molecular weight excluding hydrogens is 243 g/mol. The third-order valence-electron chi connectivity index (χ3n) is 3.17. The van der Waals surface area contributed by atoms with Crippen molar-refractivity contribution in [1.29, 1.82) is 0 Å². The number of nitrogens with zero attached hydrogens (tertiary/aromatic N) is 1. The van der Waals surface area contributed by atoms with E-state index in [0.29, 0.717) is 12.4 Å². The molecule has 0 aliphatic heterocycles. The van der Waals surface area contributed by atoms with Gasteiger partial charge < -0.3 is 5.32 Å². The van der Waals surface area contributed by atoms with Crippen LogP contribution in [0.25, 0.3) is 0 Å². The maximum absolute atomic E-state index is 12.6. The summed E-state index contributed by atoms with van der Waals surface area (Å²) in [6.07, 6.45) is 4.18. The zero-order chi connectivity index (χ0) is 12.3. The first kappa shape index (κ1) is 12.3. The molecular formula is C12H14ClFN2O. The topological polar surface area (TPSA) is 42.0 Å². The number of halogens is 2. The number of hydrogen-bond donors (Lipinski definition) is 1. The first-order valence-electron chi connectivity index (χ1n) is 5.61. The quantitative estimate of drug-likeness (QED) is 0.822. The molecule has 1 heterocycles. The van der Waals surface area contributed by atoms with Gasteiger partial charge in [0, 0.05) is 12.4 Å². The summed E-state index contributed by atoms with van der Waals surface area (Å²) in [4.78, 5) is 15.4. The highest BCUT2D eigenvalue weighted by Crippen LogP contribution is 2.48. The molecule has 0 unspecified atom stereocenters. The first-order valence-corrected chi connectivity index (χ1v) is 6.14. The normalized spacial score (nSPS) is 16.6. The van der Waals surface area contributed by atoms with E-state index < -0.39 is 5.82 Å². The summed E-state index contributed by atoms with van der Waals surface area (Å²) >= 11 is 5.71. The van der Waals surface area contributed by atoms with E-state index in [0.717, 1.165) is 25.5 Å². The third kappa shape index (κ3) is 3.16. The molecule has 0 radical (unpaired) electrons. The number of rotatable bonds is 5. The van der Waals surface area contributed by atoms with Crippen molar-refractivity contribution < 1.29 is 9.18 Å². The molecule has 0 atom stereocenters. The average Bonchev–Trinajstić information content (AvgIpc) is 3.08. The van der Waals surface area contributed by atoms with Crippen molar-refractivity contribution in [2.45, 2.75) is 19.3 Å². The lowest BCUT2D eigenvalue weighted by molar-refractivity contribution is 0.0939. The highest BCUT2D eigenvalue weighted by molar-refractivity contribution is 6.17. The average molecular weight is 257 g/mol. The number of amides is 1. The van der Waals surface area contributed by atoms with Gasteiger partial charge in [0.2, 0.25) is 0 Å². The molecule has 0 bridgehead atoms. The summed E-state index contributed by atoms with van der Waals surface area (Å²) in [7, 11) is 0. The minimum atomic E-state index is -0.442. The monoisotopic (exact) mass is 256 g/mol. The minimum Gasteiger partial charge on any atom is -0.350 e. The second-order valence-corrected chi connectivity index (χ2v) is 4.86. The van der Waals surface area contributed by atoms with E-state index in [-0.39, 0.29) is 17.0 Å². The van der Waals surface area contributed by atoms with Gasteiger partial charge in [-0.15, -0.1) is 11.6 Å². The summed E-state index contributed by atoms with van der Waals surface area (Å²) in [5, 5.41) is 2.82. The maximum Gasteiger partial charge on any atom is 0.269 e. The maximum atomic E-state index is 12.6. The van der Waals surface area contributed by atoms with Gasteiger partial charge in [-0.3, -0.25) is 4.79 Å². The van der Waals surface area contributed by atoms with Crippen molar-refractivity contribution in [1.82, 2.24) is 10.3 Å². The van der Waals surface area contributed by atoms with Crippen LogP contribution < -0.4 is 5.32 Å². The van der Waals surface area contributed by atoms with Crippen LogP contribution in [0.4, 0.5) is 4.39 Å². The van der Waals surface area contributed by atoms with E-state index in [1.165, 1.54) is 12.1 Å². The molecule has 1 aliphatic carbocycles. The molecule has 1 saturated carbocycles. The van der Waals surface area contributed by atoms with Crippen molar-refractivity contribution in [2.24, 2.45) is 5.41 Å². The van der Waals surface area contributed by atoms with Crippen molar-refractivity contribution in [3.63, 3.8) is 0 Å². The Kier molecular flexibility index (Phi) is 3.62. The van der Waals surface area contributed by atoms with Gasteiger partial charge in [-0.25, -0.2) is 9.37 Å². The Morgan fingerprint density at radius 3 is 2.82 bits per heavy atom. The Morgan fingerprint density at radius 1 is 1.53 bits per heavy atom. The molecule has 17 heavy (non-hydrogen) atoms. The molecule has 0 saturated heterocycles. The second kappa shape index (κ2) is 5.00. The summed E-state index contributed by atoms with van der Waals surface area (Å²) in [5.74, 6) is -0.0850. The van der Waals surface area contributed by atoms with Crippen molar-refractivity contribution in [2.75, 3.05) is 12.4 Å². The summed E-state index contributed by atoms with van der Waals surface area (Å²) in [6, 6.07) is 2.61. The Bertz CT molecular complexity index is 403. The standard InChI is InChI=1S/C12H14ClFN2O/c13-6-5-12(3-4-12)8-16-11(17)10-2-1-9(14)7-15-10/h1-2,7H,3-6,8H2,(H,16,17). The van der Waals surface area contributed by atoms with Gasteiger partial charge in [-0.2, -0.15) is 0 Å². The number of alkyl halides is 1. The van der Waals surface area contributed by atoms with Crippen LogP contribution in [0, 0.1) is 11.2 Å². The number of aromatic nitrogens is 1.